The van der Waals surface area contributed by atoms with Crippen molar-refractivity contribution in [3.8, 4) is 0 Å². The zero-order chi connectivity index (χ0) is 13.0. The Balaban J connectivity index is 1.92. The van der Waals surface area contributed by atoms with E-state index in [2.05, 4.69) is 43.8 Å². The fourth-order valence-corrected chi connectivity index (χ4v) is 2.91. The minimum absolute atomic E-state index is 0.00808. The second-order valence-electron chi connectivity index (χ2n) is 4.42. The normalized spacial score (nSPS) is 19.6. The molecule has 1 amide bonds. The number of hydrogen-bond acceptors (Lipinski definition) is 2. The highest BCUT2D eigenvalue weighted by Crippen LogP contribution is 2.19. The van der Waals surface area contributed by atoms with Gasteiger partial charge in [0.15, 0.2) is 0 Å². The molecule has 1 aliphatic heterocycles. The van der Waals surface area contributed by atoms with E-state index in [-0.39, 0.29) is 5.91 Å². The predicted octanol–water partition coefficient (Wildman–Crippen LogP) is 3.21. The molecule has 1 unspecified atom stereocenters. The van der Waals surface area contributed by atoms with Gasteiger partial charge in [-0.3, -0.25) is 4.79 Å². The van der Waals surface area contributed by atoms with E-state index in [0.717, 1.165) is 39.7 Å². The molecule has 98 valence electrons. The van der Waals surface area contributed by atoms with Crippen molar-refractivity contribution < 1.29 is 9.53 Å². The minimum atomic E-state index is -0.00808. The lowest BCUT2D eigenvalue weighted by Gasteiger charge is -2.22. The van der Waals surface area contributed by atoms with Gasteiger partial charge in [0.05, 0.1) is 12.2 Å². The van der Waals surface area contributed by atoms with Crippen LogP contribution in [0.15, 0.2) is 22.7 Å². The fraction of sp³-hybridized carbons (Fsp3) is 0.462. The number of nitrogens with one attached hydrogen (secondary N) is 1. The smallest absolute Gasteiger partial charge is 0.252 e. The molecule has 0 spiro atoms. The predicted molar refractivity (Wildman–Crippen MR) is 82.7 cm³/mol. The van der Waals surface area contributed by atoms with E-state index in [9.17, 15) is 4.79 Å². The van der Waals surface area contributed by atoms with Crippen LogP contribution in [0.3, 0.4) is 0 Å². The Morgan fingerprint density at radius 1 is 1.56 bits per heavy atom. The van der Waals surface area contributed by atoms with Gasteiger partial charge in [-0.05, 0) is 59.5 Å². The third kappa shape index (κ3) is 3.93. The van der Waals surface area contributed by atoms with Crippen LogP contribution >= 0.6 is 38.5 Å². The molecule has 1 aromatic rings. The maximum Gasteiger partial charge on any atom is 0.252 e. The molecule has 1 aromatic carbocycles. The molecule has 0 aliphatic carbocycles. The summed E-state index contributed by atoms with van der Waals surface area (Å²) in [5.41, 5.74) is 0.724. The molecule has 2 rings (SSSR count). The Morgan fingerprint density at radius 3 is 3.11 bits per heavy atom. The number of rotatable bonds is 3. The Kier molecular flexibility index (Phi) is 5.44. The van der Waals surface area contributed by atoms with Crippen molar-refractivity contribution in [1.82, 2.24) is 5.32 Å². The number of hydrogen-bond donors (Lipinski definition) is 1. The van der Waals surface area contributed by atoms with Crippen LogP contribution in [0.5, 0.6) is 0 Å². The standard InChI is InChI=1S/C13H15BrINO2/c14-10-3-4-12(15)11(6-10)13(17)16-7-9-2-1-5-18-8-9/h3-4,6,9H,1-2,5,7-8H2,(H,16,17). The van der Waals surface area contributed by atoms with Crippen LogP contribution in [0, 0.1) is 9.49 Å². The van der Waals surface area contributed by atoms with Gasteiger partial charge in [0.2, 0.25) is 0 Å². The van der Waals surface area contributed by atoms with Crippen LogP contribution in [-0.2, 0) is 4.74 Å². The van der Waals surface area contributed by atoms with E-state index in [0.29, 0.717) is 12.5 Å². The molecular weight excluding hydrogens is 409 g/mol. The number of carbonyl (C=O) groups is 1. The molecule has 0 saturated carbocycles. The third-order valence-electron chi connectivity index (χ3n) is 2.98. The molecule has 3 nitrogen and oxygen atoms in total. The molecule has 1 atom stereocenters. The first kappa shape index (κ1) is 14.3. The minimum Gasteiger partial charge on any atom is -0.381 e. The van der Waals surface area contributed by atoms with Crippen molar-refractivity contribution in [3.05, 3.63) is 31.8 Å². The largest absolute Gasteiger partial charge is 0.381 e. The monoisotopic (exact) mass is 423 g/mol. The molecule has 0 radical (unpaired) electrons. The zero-order valence-electron chi connectivity index (χ0n) is 9.92. The highest BCUT2D eigenvalue weighted by atomic mass is 127. The van der Waals surface area contributed by atoms with Crippen molar-refractivity contribution in [3.63, 3.8) is 0 Å². The summed E-state index contributed by atoms with van der Waals surface area (Å²) < 4.78 is 7.29. The SMILES string of the molecule is O=C(NCC1CCCOC1)c1cc(Br)ccc1I. The molecule has 1 fully saturated rings. The maximum atomic E-state index is 12.1. The van der Waals surface area contributed by atoms with Crippen LogP contribution in [0.1, 0.15) is 23.2 Å². The average Bonchev–Trinajstić information content (AvgIpc) is 2.40. The summed E-state index contributed by atoms with van der Waals surface area (Å²) in [5.74, 6) is 0.443. The van der Waals surface area contributed by atoms with Gasteiger partial charge in [-0.25, -0.2) is 0 Å². The number of benzene rings is 1. The summed E-state index contributed by atoms with van der Waals surface area (Å²) >= 11 is 5.57. The quantitative estimate of drug-likeness (QED) is 0.758. The zero-order valence-corrected chi connectivity index (χ0v) is 13.7. The first-order valence-corrected chi connectivity index (χ1v) is 7.85. The highest BCUT2D eigenvalue weighted by Gasteiger charge is 2.16. The Morgan fingerprint density at radius 2 is 2.39 bits per heavy atom. The van der Waals surface area contributed by atoms with Crippen molar-refractivity contribution in [2.75, 3.05) is 19.8 Å². The first-order chi connectivity index (χ1) is 8.66. The maximum absolute atomic E-state index is 12.1. The number of ether oxygens (including phenoxy) is 1. The molecule has 1 aliphatic rings. The Bertz CT molecular complexity index is 433. The summed E-state index contributed by atoms with van der Waals surface area (Å²) in [6, 6.07) is 5.73. The van der Waals surface area contributed by atoms with E-state index in [1.807, 2.05) is 18.2 Å². The van der Waals surface area contributed by atoms with Gasteiger partial charge in [-0.15, -0.1) is 0 Å². The van der Waals surface area contributed by atoms with Crippen molar-refractivity contribution in [2.24, 2.45) is 5.92 Å². The average molecular weight is 424 g/mol. The molecule has 1 N–H and O–H groups in total. The second kappa shape index (κ2) is 6.86. The van der Waals surface area contributed by atoms with E-state index in [1.54, 1.807) is 0 Å². The van der Waals surface area contributed by atoms with Crippen molar-refractivity contribution in [2.45, 2.75) is 12.8 Å². The fourth-order valence-electron chi connectivity index (χ4n) is 1.97. The van der Waals surface area contributed by atoms with Crippen molar-refractivity contribution >= 4 is 44.4 Å². The summed E-state index contributed by atoms with van der Waals surface area (Å²) in [7, 11) is 0. The van der Waals surface area contributed by atoms with Gasteiger partial charge in [-0.1, -0.05) is 15.9 Å². The van der Waals surface area contributed by atoms with Gasteiger partial charge >= 0.3 is 0 Å². The van der Waals surface area contributed by atoms with E-state index in [1.165, 1.54) is 0 Å². The summed E-state index contributed by atoms with van der Waals surface area (Å²) in [5, 5.41) is 2.99. The third-order valence-corrected chi connectivity index (χ3v) is 4.41. The molecular formula is C13H15BrINO2. The summed E-state index contributed by atoms with van der Waals surface area (Å²) in [4.78, 5) is 12.1. The Hall–Kier alpha value is -0.140. The summed E-state index contributed by atoms with van der Waals surface area (Å²) in [6.45, 7) is 2.31. The van der Waals surface area contributed by atoms with Gasteiger partial charge in [0.25, 0.3) is 5.91 Å². The second-order valence-corrected chi connectivity index (χ2v) is 6.50. The van der Waals surface area contributed by atoms with Crippen LogP contribution in [0.2, 0.25) is 0 Å². The topological polar surface area (TPSA) is 38.3 Å². The molecule has 0 bridgehead atoms. The number of amides is 1. The molecule has 1 saturated heterocycles. The number of carbonyl (C=O) groups excluding carboxylic acids is 1. The van der Waals surface area contributed by atoms with Crippen LogP contribution in [0.25, 0.3) is 0 Å². The van der Waals surface area contributed by atoms with Gasteiger partial charge in [0, 0.05) is 21.2 Å². The molecule has 5 heteroatoms. The van der Waals surface area contributed by atoms with E-state index in [4.69, 9.17) is 4.74 Å². The van der Waals surface area contributed by atoms with Gasteiger partial charge in [-0.2, -0.15) is 0 Å². The molecule has 18 heavy (non-hydrogen) atoms. The Labute approximate surface area is 129 Å². The first-order valence-electron chi connectivity index (χ1n) is 5.98. The van der Waals surface area contributed by atoms with Crippen LogP contribution in [0.4, 0.5) is 0 Å². The van der Waals surface area contributed by atoms with E-state index < -0.39 is 0 Å². The van der Waals surface area contributed by atoms with Gasteiger partial charge < -0.3 is 10.1 Å². The lowest BCUT2D eigenvalue weighted by Crippen LogP contribution is -2.33. The lowest BCUT2D eigenvalue weighted by atomic mass is 10.0. The van der Waals surface area contributed by atoms with E-state index >= 15 is 0 Å². The molecule has 0 aromatic heterocycles. The highest BCUT2D eigenvalue weighted by molar-refractivity contribution is 14.1. The summed E-state index contributed by atoms with van der Waals surface area (Å²) in [6.07, 6.45) is 2.23. The van der Waals surface area contributed by atoms with Gasteiger partial charge in [0.1, 0.15) is 0 Å². The van der Waals surface area contributed by atoms with Crippen molar-refractivity contribution in [1.29, 1.82) is 0 Å². The molecule has 1 heterocycles. The lowest BCUT2D eigenvalue weighted by molar-refractivity contribution is 0.0536. The van der Waals surface area contributed by atoms with Crippen LogP contribution in [-0.4, -0.2) is 25.7 Å². The van der Waals surface area contributed by atoms with Crippen LogP contribution < -0.4 is 5.32 Å². The number of halogens is 2.